The van der Waals surface area contributed by atoms with E-state index < -0.39 is 12.2 Å². The van der Waals surface area contributed by atoms with Gasteiger partial charge in [-0.25, -0.2) is 0 Å². The van der Waals surface area contributed by atoms with E-state index in [9.17, 15) is 0 Å². The Kier molecular flexibility index (Phi) is 5.55. The Morgan fingerprint density at radius 1 is 0.812 bits per heavy atom. The topological polar surface area (TPSA) is 6.48 Å². The normalized spacial score (nSPS) is 23.2. The number of nitrogens with zero attached hydrogens (tertiary/aromatic N) is 2. The molecular weight excluding hydrogens is 466 g/mol. The maximum absolute atomic E-state index is 6.78. The molecule has 2 aliphatic rings. The average Bonchev–Trinajstić information content (AvgIpc) is 2.79. The van der Waals surface area contributed by atoms with E-state index in [1.165, 1.54) is 43.8 Å². The number of para-hydroxylation sites is 2. The summed E-state index contributed by atoms with van der Waals surface area (Å²) in [7, 11) is 0. The molecular formula is C26H30N2P2S2. The average molecular weight is 497 g/mol. The van der Waals surface area contributed by atoms with Gasteiger partial charge < -0.3 is 4.90 Å². The van der Waals surface area contributed by atoms with Crippen LogP contribution in [0.4, 0.5) is 17.1 Å². The zero-order chi connectivity index (χ0) is 22.8. The zero-order valence-electron chi connectivity index (χ0n) is 19.4. The van der Waals surface area contributed by atoms with Crippen molar-refractivity contribution in [3.05, 3.63) is 66.2 Å². The van der Waals surface area contributed by atoms with E-state index in [2.05, 4.69) is 105 Å². The summed E-state index contributed by atoms with van der Waals surface area (Å²) in [6.07, 6.45) is -2.19. The fraction of sp³-hybridized carbons (Fsp3) is 0.308. The van der Waals surface area contributed by atoms with Gasteiger partial charge in [0.25, 0.3) is 0 Å². The van der Waals surface area contributed by atoms with Gasteiger partial charge in [0.05, 0.1) is 23.3 Å². The van der Waals surface area contributed by atoms with Crippen molar-refractivity contribution in [1.82, 2.24) is 4.67 Å². The zero-order valence-corrected chi connectivity index (χ0v) is 22.8. The van der Waals surface area contributed by atoms with Crippen molar-refractivity contribution in [3.8, 4) is 0 Å². The number of rotatable bonds is 4. The molecule has 0 N–H and O–H groups in total. The number of hydrogen-bond donors (Lipinski definition) is 0. The number of fused-ring (bicyclic) bond motifs is 4. The molecule has 166 valence electrons. The molecule has 0 fully saturated rings. The van der Waals surface area contributed by atoms with Gasteiger partial charge in [0.2, 0.25) is 0 Å². The second-order valence-corrected chi connectivity index (χ2v) is 18.3. The van der Waals surface area contributed by atoms with Gasteiger partial charge in [-0.05, 0) is 42.4 Å². The third kappa shape index (κ3) is 2.93. The van der Waals surface area contributed by atoms with Crippen molar-refractivity contribution in [2.45, 2.75) is 33.6 Å². The molecule has 2 aliphatic heterocycles. The van der Waals surface area contributed by atoms with Crippen LogP contribution < -0.4 is 26.1 Å². The van der Waals surface area contributed by atoms with Gasteiger partial charge in [-0.1, -0.05) is 87.7 Å². The molecule has 2 unspecified atom stereocenters. The van der Waals surface area contributed by atoms with Crippen LogP contribution in [0.2, 0.25) is 0 Å². The van der Waals surface area contributed by atoms with Gasteiger partial charge in [0.15, 0.2) is 0 Å². The van der Waals surface area contributed by atoms with Crippen LogP contribution in [-0.2, 0) is 23.6 Å². The summed E-state index contributed by atoms with van der Waals surface area (Å²) in [4.78, 5) is 2.47. The summed E-state index contributed by atoms with van der Waals surface area (Å²) in [5, 5.41) is 5.28. The van der Waals surface area contributed by atoms with E-state index >= 15 is 0 Å². The molecule has 0 bridgehead atoms. The van der Waals surface area contributed by atoms with E-state index in [4.69, 9.17) is 23.6 Å². The minimum atomic E-state index is -2.19. The molecule has 5 rings (SSSR count). The lowest BCUT2D eigenvalue weighted by Gasteiger charge is -2.48. The van der Waals surface area contributed by atoms with E-state index in [0.717, 1.165) is 13.1 Å². The maximum atomic E-state index is 6.78. The van der Waals surface area contributed by atoms with Crippen LogP contribution in [0, 0.1) is 0 Å². The van der Waals surface area contributed by atoms with Crippen molar-refractivity contribution < 1.29 is 0 Å². The maximum Gasteiger partial charge on any atom is 0.0751 e. The van der Waals surface area contributed by atoms with Gasteiger partial charge in [0, 0.05) is 40.3 Å². The minimum Gasteiger partial charge on any atom is -0.308 e. The first-order chi connectivity index (χ1) is 15.3. The predicted octanol–water partition coefficient (Wildman–Crippen LogP) is 5.65. The van der Waals surface area contributed by atoms with Gasteiger partial charge >= 0.3 is 0 Å². The summed E-state index contributed by atoms with van der Waals surface area (Å²) in [6, 6.07) is 20.5. The molecule has 2 atom stereocenters. The smallest absolute Gasteiger partial charge is 0.0751 e. The molecule has 2 nitrogen and oxygen atoms in total. The number of benzene rings is 3. The van der Waals surface area contributed by atoms with Crippen LogP contribution in [0.5, 0.6) is 0 Å². The van der Waals surface area contributed by atoms with Gasteiger partial charge in [0.1, 0.15) is 0 Å². The lowest BCUT2D eigenvalue weighted by molar-refractivity contribution is 0.513. The second kappa shape index (κ2) is 7.90. The first kappa shape index (κ1) is 22.5. The van der Waals surface area contributed by atoms with E-state index in [-0.39, 0.29) is 0 Å². The Morgan fingerprint density at radius 2 is 1.34 bits per heavy atom. The largest absolute Gasteiger partial charge is 0.308 e. The van der Waals surface area contributed by atoms with Gasteiger partial charge in [-0.15, -0.1) is 0 Å². The molecule has 0 radical (unpaired) electrons. The number of hydrogen-bond acceptors (Lipinski definition) is 3. The lowest BCUT2D eigenvalue weighted by Crippen LogP contribution is -2.46. The summed E-state index contributed by atoms with van der Waals surface area (Å²) in [5.74, 6) is 0.425. The van der Waals surface area contributed by atoms with Crippen molar-refractivity contribution in [2.75, 3.05) is 24.7 Å². The van der Waals surface area contributed by atoms with Crippen molar-refractivity contribution in [3.63, 3.8) is 0 Å². The van der Waals surface area contributed by atoms with Crippen LogP contribution in [0.25, 0.3) is 0 Å². The lowest BCUT2D eigenvalue weighted by atomic mass is 10.0. The molecule has 3 aromatic carbocycles. The first-order valence-electron chi connectivity index (χ1n) is 11.4. The van der Waals surface area contributed by atoms with Crippen LogP contribution >= 0.6 is 12.2 Å². The minimum absolute atomic E-state index is 0.425. The highest BCUT2D eigenvalue weighted by Crippen LogP contribution is 2.61. The van der Waals surface area contributed by atoms with E-state index in [0.29, 0.717) is 5.92 Å². The van der Waals surface area contributed by atoms with Gasteiger partial charge in [-0.3, -0.25) is 4.67 Å². The predicted molar refractivity (Wildman–Crippen MR) is 151 cm³/mol. The molecule has 0 saturated carbocycles. The standard InChI is InChI=1S/C26H30N2P2S2/c1-6-27(7-2)30(32)23-15-11-9-13-21(23)28-20-12-8-10-14-22(20)29(5,31)24-16-19(18(3)4)17-25(30)26(24)28/h8-18H,6-7H2,1-5H3. The number of anilines is 3. The third-order valence-electron chi connectivity index (χ3n) is 6.93. The van der Waals surface area contributed by atoms with Crippen molar-refractivity contribution in [2.24, 2.45) is 0 Å². The molecule has 0 aliphatic carbocycles. The summed E-state index contributed by atoms with van der Waals surface area (Å²) in [5.41, 5.74) is 5.11. The van der Waals surface area contributed by atoms with Crippen molar-refractivity contribution in [1.29, 1.82) is 0 Å². The Bertz CT molecular complexity index is 1330. The second-order valence-electron chi connectivity index (χ2n) is 9.01. The quantitative estimate of drug-likeness (QED) is 0.430. The highest BCUT2D eigenvalue weighted by Gasteiger charge is 2.45. The van der Waals surface area contributed by atoms with Crippen LogP contribution in [0.3, 0.4) is 0 Å². The Morgan fingerprint density at radius 3 is 1.94 bits per heavy atom. The SMILES string of the molecule is CCN(CC)P1(=S)c2ccccc2N2c3ccccc3P(C)(=S)c3cc(C(C)C)cc1c32. The van der Waals surface area contributed by atoms with Crippen molar-refractivity contribution >= 4 is 74.1 Å². The fourth-order valence-electron chi connectivity index (χ4n) is 5.22. The molecule has 6 heteroatoms. The highest BCUT2D eigenvalue weighted by molar-refractivity contribution is 8.22. The fourth-order valence-corrected chi connectivity index (χ4v) is 13.3. The van der Waals surface area contributed by atoms with Crippen LogP contribution in [0.15, 0.2) is 60.7 Å². The first-order valence-corrected chi connectivity index (χ1v) is 17.4. The summed E-state index contributed by atoms with van der Waals surface area (Å²) < 4.78 is 2.54. The Hall–Kier alpha value is -1.28. The molecule has 2 heterocycles. The molecule has 32 heavy (non-hydrogen) atoms. The molecule has 0 spiro atoms. The van der Waals surface area contributed by atoms with E-state index in [1.807, 2.05) is 0 Å². The molecule has 0 saturated heterocycles. The van der Waals surface area contributed by atoms with Crippen LogP contribution in [-0.4, -0.2) is 24.4 Å². The molecule has 0 aromatic heterocycles. The Balaban J connectivity index is 2.00. The van der Waals surface area contributed by atoms with Gasteiger partial charge in [-0.2, -0.15) is 0 Å². The summed E-state index contributed by atoms with van der Waals surface area (Å²) >= 11 is 13.3. The Labute approximate surface area is 202 Å². The monoisotopic (exact) mass is 496 g/mol. The molecule has 3 aromatic rings. The molecule has 0 amide bonds. The van der Waals surface area contributed by atoms with E-state index in [1.54, 1.807) is 0 Å². The summed E-state index contributed by atoms with van der Waals surface area (Å²) in [6.45, 7) is 13.2. The highest BCUT2D eigenvalue weighted by atomic mass is 32.4. The third-order valence-corrected chi connectivity index (χ3v) is 15.9. The van der Waals surface area contributed by atoms with Crippen LogP contribution in [0.1, 0.15) is 39.2 Å².